The Morgan fingerprint density at radius 2 is 2.04 bits per heavy atom. The van der Waals surface area contributed by atoms with Crippen LogP contribution in [-0.4, -0.2) is 49.8 Å². The molecule has 1 saturated heterocycles. The first-order valence-electron chi connectivity index (χ1n) is 8.67. The predicted octanol–water partition coefficient (Wildman–Crippen LogP) is 2.94. The van der Waals surface area contributed by atoms with Gasteiger partial charge in [0.2, 0.25) is 6.79 Å². The minimum absolute atomic E-state index is 0.00490. The Balaban J connectivity index is 1.41. The van der Waals surface area contributed by atoms with Gasteiger partial charge in [-0.15, -0.1) is 0 Å². The number of alkyl halides is 2. The Labute approximate surface area is 144 Å². The van der Waals surface area contributed by atoms with Crippen molar-refractivity contribution in [2.45, 2.75) is 25.2 Å². The summed E-state index contributed by atoms with van der Waals surface area (Å²) in [5, 5.41) is 0. The fourth-order valence-electron chi connectivity index (χ4n) is 3.21. The van der Waals surface area contributed by atoms with E-state index in [1.807, 2.05) is 0 Å². The maximum atomic E-state index is 14.2. The van der Waals surface area contributed by atoms with Crippen LogP contribution >= 0.6 is 0 Å². The van der Waals surface area contributed by atoms with Gasteiger partial charge < -0.3 is 19.1 Å². The molecule has 4 rings (SSSR count). The van der Waals surface area contributed by atoms with Crippen LogP contribution in [0.15, 0.2) is 18.2 Å². The summed E-state index contributed by atoms with van der Waals surface area (Å²) in [5.74, 6) is -2.39. The Bertz CT molecular complexity index is 662. The molecule has 136 valence electrons. The van der Waals surface area contributed by atoms with Crippen LogP contribution < -0.4 is 9.47 Å². The van der Waals surface area contributed by atoms with Crippen molar-refractivity contribution >= 4 is 5.91 Å². The number of rotatable bonds is 5. The van der Waals surface area contributed by atoms with Crippen LogP contribution in [0.4, 0.5) is 8.78 Å². The summed E-state index contributed by atoms with van der Waals surface area (Å²) >= 11 is 0. The van der Waals surface area contributed by atoms with Crippen molar-refractivity contribution in [3.63, 3.8) is 0 Å². The summed E-state index contributed by atoms with van der Waals surface area (Å²) in [6.07, 6.45) is 1.91. The van der Waals surface area contributed by atoms with Gasteiger partial charge >= 0.3 is 0 Å². The molecule has 2 heterocycles. The van der Waals surface area contributed by atoms with E-state index >= 15 is 0 Å². The zero-order valence-corrected chi connectivity index (χ0v) is 13.9. The average Bonchev–Trinajstić information content (AvgIpc) is 3.30. The van der Waals surface area contributed by atoms with E-state index in [0.29, 0.717) is 29.6 Å². The van der Waals surface area contributed by atoms with Gasteiger partial charge in [0.25, 0.3) is 11.8 Å². The standard InChI is InChI=1S/C18H21F2NO4/c19-18(20)5-6-21(8-14(18)10-23-9-12-1-2-12)17(22)13-3-4-15-16(7-13)25-11-24-15/h3-4,7,12,14H,1-2,5-6,8-11H2. The third-order valence-corrected chi connectivity index (χ3v) is 5.03. The van der Waals surface area contributed by atoms with Crippen molar-refractivity contribution < 1.29 is 27.8 Å². The molecule has 3 aliphatic rings. The van der Waals surface area contributed by atoms with Gasteiger partial charge in [-0.25, -0.2) is 8.78 Å². The number of hydrogen-bond acceptors (Lipinski definition) is 4. The van der Waals surface area contributed by atoms with Gasteiger partial charge in [0.05, 0.1) is 12.5 Å². The SMILES string of the molecule is O=C(c1ccc2c(c1)OCO2)N1CCC(F)(F)C(COCC2CC2)C1. The molecule has 2 fully saturated rings. The van der Waals surface area contributed by atoms with Gasteiger partial charge in [-0.2, -0.15) is 0 Å². The Morgan fingerprint density at radius 3 is 2.84 bits per heavy atom. The van der Waals surface area contributed by atoms with Gasteiger partial charge in [0.15, 0.2) is 11.5 Å². The summed E-state index contributed by atoms with van der Waals surface area (Å²) in [4.78, 5) is 14.2. The first-order valence-corrected chi connectivity index (χ1v) is 8.67. The molecule has 0 radical (unpaired) electrons. The van der Waals surface area contributed by atoms with E-state index in [2.05, 4.69) is 0 Å². The number of piperidine rings is 1. The molecule has 1 unspecified atom stereocenters. The Hall–Kier alpha value is -1.89. The third-order valence-electron chi connectivity index (χ3n) is 5.03. The summed E-state index contributed by atoms with van der Waals surface area (Å²) in [5.41, 5.74) is 0.423. The topological polar surface area (TPSA) is 48.0 Å². The van der Waals surface area contributed by atoms with Crippen LogP contribution in [0.3, 0.4) is 0 Å². The number of amides is 1. The van der Waals surface area contributed by atoms with Crippen molar-refractivity contribution in [1.29, 1.82) is 0 Å². The molecule has 2 aliphatic heterocycles. The average molecular weight is 353 g/mol. The first kappa shape index (κ1) is 16.6. The number of carbonyl (C=O) groups excluding carboxylic acids is 1. The molecule has 7 heteroatoms. The Morgan fingerprint density at radius 1 is 1.24 bits per heavy atom. The number of nitrogens with zero attached hydrogens (tertiary/aromatic N) is 1. The second kappa shape index (κ2) is 6.44. The van der Waals surface area contributed by atoms with E-state index in [1.54, 1.807) is 18.2 Å². The van der Waals surface area contributed by atoms with Crippen LogP contribution in [0.2, 0.25) is 0 Å². The van der Waals surface area contributed by atoms with Crippen molar-refractivity contribution in [1.82, 2.24) is 4.90 Å². The highest BCUT2D eigenvalue weighted by Crippen LogP contribution is 2.37. The summed E-state index contributed by atoms with van der Waals surface area (Å²) in [6.45, 7) is 0.713. The van der Waals surface area contributed by atoms with Gasteiger partial charge in [0.1, 0.15) is 0 Å². The molecule has 1 aromatic rings. The van der Waals surface area contributed by atoms with E-state index in [0.717, 1.165) is 12.8 Å². The normalized spacial score (nSPS) is 24.4. The number of hydrogen-bond donors (Lipinski definition) is 0. The Kier molecular flexibility index (Phi) is 4.27. The van der Waals surface area contributed by atoms with Crippen LogP contribution in [-0.2, 0) is 4.74 Å². The lowest BCUT2D eigenvalue weighted by Crippen LogP contribution is -2.50. The minimum atomic E-state index is -2.80. The van der Waals surface area contributed by atoms with E-state index in [9.17, 15) is 13.6 Å². The van der Waals surface area contributed by atoms with Crippen molar-refractivity contribution in [3.05, 3.63) is 23.8 Å². The largest absolute Gasteiger partial charge is 0.454 e. The van der Waals surface area contributed by atoms with E-state index < -0.39 is 11.8 Å². The van der Waals surface area contributed by atoms with Crippen LogP contribution in [0, 0.1) is 11.8 Å². The van der Waals surface area contributed by atoms with E-state index in [4.69, 9.17) is 14.2 Å². The molecule has 1 aromatic carbocycles. The number of fused-ring (bicyclic) bond motifs is 1. The lowest BCUT2D eigenvalue weighted by atomic mass is 9.93. The van der Waals surface area contributed by atoms with E-state index in [1.165, 1.54) is 4.90 Å². The lowest BCUT2D eigenvalue weighted by molar-refractivity contribution is -0.122. The van der Waals surface area contributed by atoms with Crippen molar-refractivity contribution in [3.8, 4) is 11.5 Å². The number of halogens is 2. The number of ether oxygens (including phenoxy) is 3. The molecular weight excluding hydrogens is 332 g/mol. The monoisotopic (exact) mass is 353 g/mol. The molecule has 1 saturated carbocycles. The highest BCUT2D eigenvalue weighted by Gasteiger charge is 2.45. The highest BCUT2D eigenvalue weighted by atomic mass is 19.3. The lowest BCUT2D eigenvalue weighted by Gasteiger charge is -2.38. The van der Waals surface area contributed by atoms with Crippen molar-refractivity contribution in [2.24, 2.45) is 11.8 Å². The number of carbonyl (C=O) groups is 1. The van der Waals surface area contributed by atoms with Gasteiger partial charge in [-0.3, -0.25) is 4.79 Å². The number of likely N-dealkylation sites (tertiary alicyclic amines) is 1. The second-order valence-corrected chi connectivity index (χ2v) is 7.01. The second-order valence-electron chi connectivity index (χ2n) is 7.01. The molecule has 1 aliphatic carbocycles. The fourth-order valence-corrected chi connectivity index (χ4v) is 3.21. The van der Waals surface area contributed by atoms with E-state index in [-0.39, 0.29) is 38.8 Å². The maximum absolute atomic E-state index is 14.2. The minimum Gasteiger partial charge on any atom is -0.454 e. The van der Waals surface area contributed by atoms with Crippen molar-refractivity contribution in [2.75, 3.05) is 33.1 Å². The molecule has 0 bridgehead atoms. The predicted molar refractivity (Wildman–Crippen MR) is 85.1 cm³/mol. The molecule has 5 nitrogen and oxygen atoms in total. The zero-order valence-electron chi connectivity index (χ0n) is 13.9. The smallest absolute Gasteiger partial charge is 0.256 e. The summed E-state index contributed by atoms with van der Waals surface area (Å²) in [6, 6.07) is 4.92. The van der Waals surface area contributed by atoms with Gasteiger partial charge in [0, 0.05) is 31.7 Å². The molecule has 1 amide bonds. The molecule has 0 spiro atoms. The molecule has 0 N–H and O–H groups in total. The van der Waals surface area contributed by atoms with Crippen LogP contribution in [0.25, 0.3) is 0 Å². The maximum Gasteiger partial charge on any atom is 0.256 e. The van der Waals surface area contributed by atoms with Gasteiger partial charge in [-0.1, -0.05) is 0 Å². The third kappa shape index (κ3) is 3.56. The van der Waals surface area contributed by atoms with Gasteiger partial charge in [-0.05, 0) is 37.0 Å². The summed E-state index contributed by atoms with van der Waals surface area (Å²) < 4.78 is 44.3. The highest BCUT2D eigenvalue weighted by molar-refractivity contribution is 5.95. The molecule has 0 aromatic heterocycles. The number of benzene rings is 1. The molecule has 1 atom stereocenters. The first-order chi connectivity index (χ1) is 12.0. The zero-order chi connectivity index (χ0) is 17.4. The molecule has 25 heavy (non-hydrogen) atoms. The van der Waals surface area contributed by atoms with Crippen LogP contribution in [0.5, 0.6) is 11.5 Å². The van der Waals surface area contributed by atoms with Crippen LogP contribution in [0.1, 0.15) is 29.6 Å². The summed E-state index contributed by atoms with van der Waals surface area (Å²) in [7, 11) is 0. The molecular formula is C18H21F2NO4. The quantitative estimate of drug-likeness (QED) is 0.817. The fraction of sp³-hybridized carbons (Fsp3) is 0.611.